The Morgan fingerprint density at radius 2 is 1.90 bits per heavy atom. The van der Waals surface area contributed by atoms with Gasteiger partial charge in [-0.3, -0.25) is 5.32 Å². The molecule has 1 radical (unpaired) electrons. The number of hydrogen-bond donors (Lipinski definition) is 1. The Hall–Kier alpha value is -0.0800. The minimum Gasteiger partial charge on any atom is -0.292 e. The molecule has 0 aliphatic heterocycles. The van der Waals surface area contributed by atoms with E-state index in [1.807, 2.05) is 0 Å². The van der Waals surface area contributed by atoms with Crippen LogP contribution in [0.2, 0.25) is 0 Å². The summed E-state index contributed by atoms with van der Waals surface area (Å²) in [4.78, 5) is 0. The summed E-state index contributed by atoms with van der Waals surface area (Å²) in [6.45, 7) is 0.833. The first kappa shape index (κ1) is 8.02. The maximum atomic E-state index is 10.1. The van der Waals surface area contributed by atoms with E-state index in [-0.39, 0.29) is 6.73 Å². The average Bonchev–Trinajstić information content (AvgIpc) is 2.03. The molecule has 0 heterocycles. The molecule has 1 saturated carbocycles. The molecule has 1 fully saturated rings. The van der Waals surface area contributed by atoms with Crippen molar-refractivity contribution in [3.8, 4) is 0 Å². The van der Waals surface area contributed by atoms with Crippen molar-refractivity contribution in [2.45, 2.75) is 32.1 Å². The van der Waals surface area contributed by atoms with Gasteiger partial charge >= 0.3 is 0 Å². The van der Waals surface area contributed by atoms with Crippen LogP contribution in [0.15, 0.2) is 0 Å². The maximum Gasteiger partial charge on any atom is 0.133 e. The molecule has 1 N–H and O–H groups in total. The van der Waals surface area contributed by atoms with E-state index in [9.17, 15) is 5.11 Å². The van der Waals surface area contributed by atoms with Crippen molar-refractivity contribution in [3.05, 3.63) is 0 Å². The molecule has 0 atom stereocenters. The molecule has 0 aromatic carbocycles. The summed E-state index contributed by atoms with van der Waals surface area (Å²) in [7, 11) is 0. The van der Waals surface area contributed by atoms with Crippen molar-refractivity contribution < 1.29 is 5.11 Å². The molecule has 10 heavy (non-hydrogen) atoms. The van der Waals surface area contributed by atoms with Crippen molar-refractivity contribution in [1.29, 1.82) is 0 Å². The van der Waals surface area contributed by atoms with E-state index in [0.29, 0.717) is 0 Å². The van der Waals surface area contributed by atoms with Gasteiger partial charge in [-0.05, 0) is 18.8 Å². The molecule has 0 amide bonds. The molecular formula is C8H16NO. The quantitative estimate of drug-likeness (QED) is 0.595. The van der Waals surface area contributed by atoms with Gasteiger partial charge in [0.1, 0.15) is 6.73 Å². The second kappa shape index (κ2) is 4.69. The highest BCUT2D eigenvalue weighted by molar-refractivity contribution is 4.66. The van der Waals surface area contributed by atoms with E-state index < -0.39 is 0 Å². The van der Waals surface area contributed by atoms with Crippen LogP contribution in [0.5, 0.6) is 0 Å². The summed E-state index contributed by atoms with van der Waals surface area (Å²) < 4.78 is 0. The molecule has 1 aliphatic carbocycles. The first-order chi connectivity index (χ1) is 4.93. The highest BCUT2D eigenvalue weighted by Gasteiger charge is 2.11. The molecule has 0 bridgehead atoms. The van der Waals surface area contributed by atoms with Gasteiger partial charge in [0.2, 0.25) is 0 Å². The molecule has 59 valence electrons. The third-order valence-corrected chi connectivity index (χ3v) is 2.26. The smallest absolute Gasteiger partial charge is 0.133 e. The van der Waals surface area contributed by atoms with Crippen molar-refractivity contribution in [2.24, 2.45) is 5.92 Å². The molecule has 0 aromatic rings. The molecule has 2 heteroatoms. The molecule has 1 rings (SSSR count). The van der Waals surface area contributed by atoms with Crippen LogP contribution in [0.3, 0.4) is 0 Å². The van der Waals surface area contributed by atoms with E-state index in [1.165, 1.54) is 32.1 Å². The van der Waals surface area contributed by atoms with E-state index in [2.05, 4.69) is 5.32 Å². The van der Waals surface area contributed by atoms with Crippen LogP contribution in [-0.4, -0.2) is 13.3 Å². The second-order valence-corrected chi connectivity index (χ2v) is 3.10. The van der Waals surface area contributed by atoms with Gasteiger partial charge in [0.15, 0.2) is 0 Å². The highest BCUT2D eigenvalue weighted by atomic mass is 16.3. The summed E-state index contributed by atoms with van der Waals surface area (Å²) in [5.74, 6) is 0.794. The van der Waals surface area contributed by atoms with Crippen LogP contribution in [0.4, 0.5) is 0 Å². The Morgan fingerprint density at radius 1 is 1.20 bits per heavy atom. The Bertz CT molecular complexity index is 79.3. The van der Waals surface area contributed by atoms with Gasteiger partial charge in [-0.15, -0.1) is 0 Å². The number of nitrogens with one attached hydrogen (secondary N) is 1. The van der Waals surface area contributed by atoms with Gasteiger partial charge in [-0.1, -0.05) is 19.3 Å². The molecule has 2 nitrogen and oxygen atoms in total. The SMILES string of the molecule is [O]CNCC1CCCCC1. The Balaban J connectivity index is 2.02. The van der Waals surface area contributed by atoms with Crippen molar-refractivity contribution in [1.82, 2.24) is 5.32 Å². The molecule has 0 unspecified atom stereocenters. The van der Waals surface area contributed by atoms with Crippen LogP contribution in [0.1, 0.15) is 32.1 Å². The molecule has 0 saturated heterocycles. The fraction of sp³-hybridized carbons (Fsp3) is 1.00. The standard InChI is InChI=1S/C8H16NO/c10-7-9-6-8-4-2-1-3-5-8/h8-9H,1-7H2. The van der Waals surface area contributed by atoms with Crippen molar-refractivity contribution in [2.75, 3.05) is 13.3 Å². The van der Waals surface area contributed by atoms with Crippen LogP contribution < -0.4 is 5.32 Å². The van der Waals surface area contributed by atoms with Gasteiger partial charge in [0.05, 0.1) is 0 Å². The Kier molecular flexibility index (Phi) is 3.76. The van der Waals surface area contributed by atoms with E-state index in [1.54, 1.807) is 0 Å². The first-order valence-corrected chi connectivity index (χ1v) is 4.22. The van der Waals surface area contributed by atoms with Crippen molar-refractivity contribution >= 4 is 0 Å². The zero-order chi connectivity index (χ0) is 7.23. The van der Waals surface area contributed by atoms with Gasteiger partial charge in [0, 0.05) is 6.54 Å². The van der Waals surface area contributed by atoms with E-state index >= 15 is 0 Å². The predicted molar refractivity (Wildman–Crippen MR) is 40.1 cm³/mol. The number of hydrogen-bond acceptors (Lipinski definition) is 1. The maximum absolute atomic E-state index is 10.1. The van der Waals surface area contributed by atoms with Crippen molar-refractivity contribution in [3.63, 3.8) is 0 Å². The molecule has 0 aromatic heterocycles. The summed E-state index contributed by atoms with van der Waals surface area (Å²) in [5, 5.41) is 12.9. The summed E-state index contributed by atoms with van der Waals surface area (Å²) in [6, 6.07) is 0. The van der Waals surface area contributed by atoms with E-state index in [0.717, 1.165) is 12.5 Å². The molecule has 0 spiro atoms. The Labute approximate surface area is 62.6 Å². The average molecular weight is 142 g/mol. The molecular weight excluding hydrogens is 126 g/mol. The highest BCUT2D eigenvalue weighted by Crippen LogP contribution is 2.22. The summed E-state index contributed by atoms with van der Waals surface area (Å²) in [6.07, 6.45) is 6.78. The summed E-state index contributed by atoms with van der Waals surface area (Å²) >= 11 is 0. The normalized spacial score (nSPS) is 21.3. The second-order valence-electron chi connectivity index (χ2n) is 3.10. The zero-order valence-electron chi connectivity index (χ0n) is 6.44. The first-order valence-electron chi connectivity index (χ1n) is 4.22. The fourth-order valence-corrected chi connectivity index (χ4v) is 1.65. The summed E-state index contributed by atoms with van der Waals surface area (Å²) in [5.41, 5.74) is 0. The van der Waals surface area contributed by atoms with Crippen LogP contribution in [0.25, 0.3) is 0 Å². The predicted octanol–water partition coefficient (Wildman–Crippen LogP) is 1.54. The lowest BCUT2D eigenvalue weighted by atomic mass is 9.89. The largest absolute Gasteiger partial charge is 0.292 e. The third kappa shape index (κ3) is 2.67. The fourth-order valence-electron chi connectivity index (χ4n) is 1.65. The topological polar surface area (TPSA) is 31.9 Å². The zero-order valence-corrected chi connectivity index (χ0v) is 6.44. The molecule has 1 aliphatic rings. The minimum atomic E-state index is -0.115. The van der Waals surface area contributed by atoms with E-state index in [4.69, 9.17) is 0 Å². The van der Waals surface area contributed by atoms with Gasteiger partial charge in [-0.2, -0.15) is 0 Å². The lowest BCUT2D eigenvalue weighted by Gasteiger charge is -2.20. The van der Waals surface area contributed by atoms with Crippen LogP contribution >= 0.6 is 0 Å². The van der Waals surface area contributed by atoms with Gasteiger partial charge < -0.3 is 0 Å². The van der Waals surface area contributed by atoms with Gasteiger partial charge in [0.25, 0.3) is 0 Å². The number of rotatable bonds is 3. The third-order valence-electron chi connectivity index (χ3n) is 2.26. The van der Waals surface area contributed by atoms with Crippen LogP contribution in [0, 0.1) is 5.92 Å². The van der Waals surface area contributed by atoms with Gasteiger partial charge in [-0.25, -0.2) is 5.11 Å². The monoisotopic (exact) mass is 142 g/mol. The minimum absolute atomic E-state index is 0.115. The lowest BCUT2D eigenvalue weighted by Crippen LogP contribution is -2.24. The van der Waals surface area contributed by atoms with Crippen LogP contribution in [-0.2, 0) is 5.11 Å². The Morgan fingerprint density at radius 3 is 2.50 bits per heavy atom. The lowest BCUT2D eigenvalue weighted by molar-refractivity contribution is 0.158.